The summed E-state index contributed by atoms with van der Waals surface area (Å²) in [7, 11) is 1.52. The van der Waals surface area contributed by atoms with Gasteiger partial charge in [0.25, 0.3) is 0 Å². The molecule has 20 heavy (non-hydrogen) atoms. The fraction of sp³-hybridized carbons (Fsp3) is 0.750. The van der Waals surface area contributed by atoms with Gasteiger partial charge in [0.1, 0.15) is 12.1 Å². The van der Waals surface area contributed by atoms with Crippen molar-refractivity contribution in [2.75, 3.05) is 25.6 Å². The molecule has 114 valence electrons. The van der Waals surface area contributed by atoms with Gasteiger partial charge in [0, 0.05) is 13.6 Å². The highest BCUT2D eigenvalue weighted by Gasteiger charge is 2.35. The summed E-state index contributed by atoms with van der Waals surface area (Å²) in [5, 5.41) is 14.1. The number of thioether (sulfide) groups is 1. The van der Waals surface area contributed by atoms with E-state index in [1.165, 1.54) is 23.7 Å². The van der Waals surface area contributed by atoms with E-state index in [9.17, 15) is 14.4 Å². The number of carbonyl (C=O) groups is 3. The van der Waals surface area contributed by atoms with Crippen LogP contribution in [0.5, 0.6) is 0 Å². The molecule has 0 aromatic carbocycles. The van der Waals surface area contributed by atoms with E-state index in [2.05, 4.69) is 10.6 Å². The highest BCUT2D eigenvalue weighted by Crippen LogP contribution is 2.17. The first-order valence-corrected chi connectivity index (χ1v) is 7.91. The molecule has 1 unspecified atom stereocenters. The number of rotatable bonds is 6. The van der Waals surface area contributed by atoms with Crippen molar-refractivity contribution in [3.05, 3.63) is 0 Å². The van der Waals surface area contributed by atoms with Crippen LogP contribution < -0.4 is 10.6 Å². The Kier molecular flexibility index (Phi) is 6.63. The third-order valence-corrected chi connectivity index (χ3v) is 3.91. The van der Waals surface area contributed by atoms with Crippen molar-refractivity contribution in [1.82, 2.24) is 15.5 Å². The Bertz CT molecular complexity index is 378. The maximum atomic E-state index is 12.1. The van der Waals surface area contributed by atoms with E-state index in [-0.39, 0.29) is 5.91 Å². The number of aliphatic carboxylic acids is 1. The number of nitrogens with zero attached hydrogens (tertiary/aromatic N) is 1. The molecule has 0 radical (unpaired) electrons. The van der Waals surface area contributed by atoms with Crippen molar-refractivity contribution in [2.24, 2.45) is 0 Å². The molecular formula is C12H21N3O4S. The quantitative estimate of drug-likeness (QED) is 0.647. The lowest BCUT2D eigenvalue weighted by Gasteiger charge is -2.25. The van der Waals surface area contributed by atoms with Crippen LogP contribution in [0, 0.1) is 0 Å². The molecule has 0 saturated carbocycles. The zero-order valence-electron chi connectivity index (χ0n) is 11.7. The summed E-state index contributed by atoms with van der Waals surface area (Å²) < 4.78 is 0. The molecule has 0 aromatic heterocycles. The van der Waals surface area contributed by atoms with Crippen molar-refractivity contribution in [3.63, 3.8) is 0 Å². The Morgan fingerprint density at radius 1 is 1.45 bits per heavy atom. The Hall–Kier alpha value is -1.44. The predicted molar refractivity (Wildman–Crippen MR) is 76.7 cm³/mol. The minimum atomic E-state index is -1.05. The van der Waals surface area contributed by atoms with E-state index in [0.29, 0.717) is 25.1 Å². The largest absolute Gasteiger partial charge is 0.480 e. The zero-order valence-corrected chi connectivity index (χ0v) is 12.5. The van der Waals surface area contributed by atoms with Gasteiger partial charge in [-0.05, 0) is 31.3 Å². The number of carboxylic acid groups (broad SMARTS) is 1. The number of hydrogen-bond acceptors (Lipinski definition) is 4. The number of nitrogens with one attached hydrogen (secondary N) is 2. The van der Waals surface area contributed by atoms with Gasteiger partial charge in [-0.3, -0.25) is 4.79 Å². The van der Waals surface area contributed by atoms with E-state index in [1.54, 1.807) is 0 Å². The van der Waals surface area contributed by atoms with Crippen LogP contribution in [0.25, 0.3) is 0 Å². The molecule has 3 N–H and O–H groups in total. The maximum Gasteiger partial charge on any atom is 0.326 e. The third kappa shape index (κ3) is 4.29. The normalized spacial score (nSPS) is 19.5. The molecule has 1 rings (SSSR count). The second kappa shape index (κ2) is 7.98. The van der Waals surface area contributed by atoms with E-state index >= 15 is 0 Å². The Morgan fingerprint density at radius 3 is 2.70 bits per heavy atom. The van der Waals surface area contributed by atoms with E-state index < -0.39 is 24.1 Å². The van der Waals surface area contributed by atoms with Crippen molar-refractivity contribution in [2.45, 2.75) is 31.3 Å². The summed E-state index contributed by atoms with van der Waals surface area (Å²) in [5.41, 5.74) is 0. The molecular weight excluding hydrogens is 282 g/mol. The van der Waals surface area contributed by atoms with Gasteiger partial charge in [0.2, 0.25) is 5.91 Å². The van der Waals surface area contributed by atoms with Gasteiger partial charge in [-0.1, -0.05) is 0 Å². The Morgan fingerprint density at radius 2 is 2.15 bits per heavy atom. The molecule has 1 fully saturated rings. The molecule has 1 heterocycles. The van der Waals surface area contributed by atoms with Crippen LogP contribution in [0.15, 0.2) is 0 Å². The zero-order chi connectivity index (χ0) is 15.1. The second-order valence-electron chi connectivity index (χ2n) is 4.59. The fourth-order valence-corrected chi connectivity index (χ4v) is 2.65. The van der Waals surface area contributed by atoms with Crippen LogP contribution >= 0.6 is 11.8 Å². The number of likely N-dealkylation sites (tertiary alicyclic amines) is 1. The molecule has 1 aliphatic rings. The minimum absolute atomic E-state index is 0.214. The smallest absolute Gasteiger partial charge is 0.326 e. The number of urea groups is 1. The number of hydrogen-bond donors (Lipinski definition) is 3. The Labute approximate surface area is 122 Å². The fourth-order valence-electron chi connectivity index (χ4n) is 2.17. The number of carboxylic acids is 1. The van der Waals surface area contributed by atoms with Crippen LogP contribution in [0.1, 0.15) is 19.3 Å². The van der Waals surface area contributed by atoms with Crippen LogP contribution in [-0.4, -0.2) is 65.6 Å². The van der Waals surface area contributed by atoms with Crippen LogP contribution in [0.3, 0.4) is 0 Å². The van der Waals surface area contributed by atoms with Crippen molar-refractivity contribution < 1.29 is 19.5 Å². The van der Waals surface area contributed by atoms with Gasteiger partial charge < -0.3 is 20.6 Å². The van der Waals surface area contributed by atoms with Crippen LogP contribution in [-0.2, 0) is 9.59 Å². The number of amides is 3. The molecule has 8 heteroatoms. The first kappa shape index (κ1) is 16.6. The molecule has 1 saturated heterocycles. The van der Waals surface area contributed by atoms with Gasteiger partial charge in [0.05, 0.1) is 0 Å². The van der Waals surface area contributed by atoms with Gasteiger partial charge >= 0.3 is 12.0 Å². The summed E-state index contributed by atoms with van der Waals surface area (Å²) in [5.74, 6) is -0.618. The molecule has 3 amide bonds. The lowest BCUT2D eigenvalue weighted by Crippen LogP contribution is -2.52. The highest BCUT2D eigenvalue weighted by molar-refractivity contribution is 7.98. The molecule has 0 aliphatic carbocycles. The molecule has 2 atom stereocenters. The van der Waals surface area contributed by atoms with E-state index in [0.717, 1.165) is 6.42 Å². The van der Waals surface area contributed by atoms with Gasteiger partial charge in [0.15, 0.2) is 0 Å². The second-order valence-corrected chi connectivity index (χ2v) is 5.57. The van der Waals surface area contributed by atoms with Crippen molar-refractivity contribution in [1.29, 1.82) is 0 Å². The van der Waals surface area contributed by atoms with E-state index in [1.807, 2.05) is 6.26 Å². The molecule has 7 nitrogen and oxygen atoms in total. The topological polar surface area (TPSA) is 98.7 Å². The third-order valence-electron chi connectivity index (χ3n) is 3.27. The molecule has 1 aliphatic heterocycles. The molecule has 0 aromatic rings. The standard InChI is InChI=1S/C12H21N3O4S/c1-13-10(16)9-4-3-6-15(9)12(19)14-8(11(17)18)5-7-20-2/h8-9H,3-7H2,1-2H3,(H,13,16)(H,14,19)(H,17,18)/t8-,9?/m0/s1. The SMILES string of the molecule is CNC(=O)C1CCCN1C(=O)N[C@@H](CCSC)C(=O)O. The van der Waals surface area contributed by atoms with E-state index in [4.69, 9.17) is 5.11 Å². The molecule has 0 spiro atoms. The van der Waals surface area contributed by atoms with Crippen LogP contribution in [0.4, 0.5) is 4.79 Å². The summed E-state index contributed by atoms with van der Waals surface area (Å²) in [4.78, 5) is 36.3. The summed E-state index contributed by atoms with van der Waals surface area (Å²) in [6.07, 6.45) is 3.59. The Balaban J connectivity index is 2.63. The van der Waals surface area contributed by atoms with Gasteiger partial charge in [-0.2, -0.15) is 11.8 Å². The summed E-state index contributed by atoms with van der Waals surface area (Å²) >= 11 is 1.52. The van der Waals surface area contributed by atoms with Crippen LogP contribution in [0.2, 0.25) is 0 Å². The highest BCUT2D eigenvalue weighted by atomic mass is 32.2. The maximum absolute atomic E-state index is 12.1. The van der Waals surface area contributed by atoms with Gasteiger partial charge in [-0.15, -0.1) is 0 Å². The average Bonchev–Trinajstić information content (AvgIpc) is 2.91. The number of likely N-dealkylation sites (N-methyl/N-ethyl adjacent to an activating group) is 1. The lowest BCUT2D eigenvalue weighted by atomic mass is 10.2. The van der Waals surface area contributed by atoms with Crippen molar-refractivity contribution in [3.8, 4) is 0 Å². The summed E-state index contributed by atoms with van der Waals surface area (Å²) in [6, 6.07) is -1.90. The average molecular weight is 303 g/mol. The lowest BCUT2D eigenvalue weighted by molar-refractivity contribution is -0.139. The number of carbonyl (C=O) groups excluding carboxylic acids is 2. The van der Waals surface area contributed by atoms with Crippen molar-refractivity contribution >= 4 is 29.7 Å². The first-order chi connectivity index (χ1) is 9.51. The van der Waals surface area contributed by atoms with Gasteiger partial charge in [-0.25, -0.2) is 9.59 Å². The minimum Gasteiger partial charge on any atom is -0.480 e. The summed E-state index contributed by atoms with van der Waals surface area (Å²) in [6.45, 7) is 0.471. The first-order valence-electron chi connectivity index (χ1n) is 6.51. The predicted octanol–water partition coefficient (Wildman–Crippen LogP) is 0.113. The monoisotopic (exact) mass is 303 g/mol. The molecule has 0 bridgehead atoms.